The Bertz CT molecular complexity index is 1630. The number of rotatable bonds is 17. The highest BCUT2D eigenvalue weighted by atomic mass is 32.1. The smallest absolute Gasteiger partial charge is 0.358 e. The lowest BCUT2D eigenvalue weighted by molar-refractivity contribution is -0.361. The molecule has 0 spiro atoms. The summed E-state index contributed by atoms with van der Waals surface area (Å²) in [6, 6.07) is 8.71. The summed E-state index contributed by atoms with van der Waals surface area (Å²) in [5.74, 6) is -5.50. The minimum atomic E-state index is -1.84. The number of hydrogen-bond donors (Lipinski definition) is 0. The van der Waals surface area contributed by atoms with Gasteiger partial charge in [0.05, 0.1) is 6.61 Å². The lowest BCUT2D eigenvalue weighted by atomic mass is 9.96. The SMILES string of the molecule is CC(=O)OC[C@H]1O[C@@H](O[C@@H]2[C@@H](OC(C)=O)[C@H](OC/C=C\COC(=S)Oc3ccccc3)O[C@H](COC(C)=O)[C@H]2OC(C)=O)[C@H](OC(C)=O)[C@@H](OC(C)=O)[C@@H]1OC(C)=O. The van der Waals surface area contributed by atoms with E-state index in [0.717, 1.165) is 48.5 Å². The van der Waals surface area contributed by atoms with Crippen molar-refractivity contribution in [2.75, 3.05) is 26.4 Å². The molecule has 0 bridgehead atoms. The molecule has 2 heterocycles. The molecular weight excluding hydrogens is 796 g/mol. The number of ether oxygens (including phenoxy) is 13. The van der Waals surface area contributed by atoms with Crippen molar-refractivity contribution < 1.29 is 95.1 Å². The van der Waals surface area contributed by atoms with Crippen molar-refractivity contribution in [2.24, 2.45) is 0 Å². The van der Waals surface area contributed by atoms with Crippen LogP contribution in [0.4, 0.5) is 0 Å². The Balaban J connectivity index is 2.02. The van der Waals surface area contributed by atoms with Gasteiger partial charge in [-0.05, 0) is 18.2 Å². The average molecular weight is 843 g/mol. The highest BCUT2D eigenvalue weighted by Crippen LogP contribution is 2.35. The van der Waals surface area contributed by atoms with Crippen LogP contribution in [0.15, 0.2) is 42.5 Å². The summed E-state index contributed by atoms with van der Waals surface area (Å²) in [6.45, 7) is 6.05. The van der Waals surface area contributed by atoms with Crippen LogP contribution >= 0.6 is 12.2 Å². The predicted molar refractivity (Wildman–Crippen MR) is 194 cm³/mol. The van der Waals surface area contributed by atoms with Gasteiger partial charge in [0.25, 0.3) is 0 Å². The second kappa shape index (κ2) is 23.3. The molecule has 2 aliphatic rings. The number of carbonyl (C=O) groups is 7. The Kier molecular flexibility index (Phi) is 18.9. The molecule has 0 saturated carbocycles. The third kappa shape index (κ3) is 15.6. The van der Waals surface area contributed by atoms with Crippen molar-refractivity contribution in [3.05, 3.63) is 42.5 Å². The second-order valence-electron chi connectivity index (χ2n) is 12.4. The van der Waals surface area contributed by atoms with Crippen molar-refractivity contribution in [2.45, 2.75) is 110 Å². The van der Waals surface area contributed by atoms with Gasteiger partial charge in [0.2, 0.25) is 0 Å². The summed E-state index contributed by atoms with van der Waals surface area (Å²) in [6.07, 6.45) is -12.9. The van der Waals surface area contributed by atoms with E-state index in [1.54, 1.807) is 30.3 Å². The Morgan fingerprint density at radius 1 is 0.534 bits per heavy atom. The fourth-order valence-corrected chi connectivity index (χ4v) is 5.79. The minimum Gasteiger partial charge on any atom is -0.463 e. The van der Waals surface area contributed by atoms with E-state index in [1.807, 2.05) is 0 Å². The summed E-state index contributed by atoms with van der Waals surface area (Å²) in [7, 11) is 0. The first-order valence-electron chi connectivity index (χ1n) is 17.7. The molecule has 0 N–H and O–H groups in total. The highest BCUT2D eigenvalue weighted by molar-refractivity contribution is 7.79. The normalized spacial score (nSPS) is 26.6. The molecule has 58 heavy (non-hydrogen) atoms. The number of carbonyl (C=O) groups excluding carboxylic acids is 7. The van der Waals surface area contributed by atoms with Gasteiger partial charge < -0.3 is 61.6 Å². The Morgan fingerprint density at radius 2 is 0.966 bits per heavy atom. The van der Waals surface area contributed by atoms with E-state index in [0.29, 0.717) is 5.75 Å². The lowest BCUT2D eigenvalue weighted by Gasteiger charge is -2.48. The van der Waals surface area contributed by atoms with E-state index in [-0.39, 0.29) is 18.5 Å². The number of hydrogen-bond acceptors (Lipinski definition) is 21. The van der Waals surface area contributed by atoms with Crippen molar-refractivity contribution in [3.8, 4) is 5.75 Å². The molecule has 0 aliphatic carbocycles. The van der Waals surface area contributed by atoms with Gasteiger partial charge >= 0.3 is 47.0 Å². The standard InChI is InChI=1S/C37H46O20S/c1-19(38)47-17-27-30(50-22(4)41)32(33(52-24(6)43)35(55-27)45-15-11-12-16-46-37(58)54-26-13-9-8-10-14-26)57-36-34(53-25(7)44)31(51-23(5)42)29(49-21(3)40)28(56-36)18-48-20(2)39/h8-14,27-36H,15-18H2,1-7H3/b12-11-/t27-,28-,29-,30-,31+,32+,33-,34-,35-,36+/m1/s1. The van der Waals surface area contributed by atoms with E-state index in [1.165, 1.54) is 12.2 Å². The number of para-hydroxylation sites is 1. The van der Waals surface area contributed by atoms with Gasteiger partial charge in [-0.1, -0.05) is 24.3 Å². The monoisotopic (exact) mass is 842 g/mol. The third-order valence-corrected chi connectivity index (χ3v) is 7.85. The van der Waals surface area contributed by atoms with Crippen molar-refractivity contribution in [3.63, 3.8) is 0 Å². The van der Waals surface area contributed by atoms with Crippen molar-refractivity contribution in [1.82, 2.24) is 0 Å². The molecule has 1 aromatic carbocycles. The van der Waals surface area contributed by atoms with Crippen LogP contribution in [0.25, 0.3) is 0 Å². The van der Waals surface area contributed by atoms with Gasteiger partial charge in [0, 0.05) is 60.7 Å². The molecule has 320 valence electrons. The van der Waals surface area contributed by atoms with Gasteiger partial charge in [-0.15, -0.1) is 0 Å². The van der Waals surface area contributed by atoms with Gasteiger partial charge in [-0.25, -0.2) is 0 Å². The van der Waals surface area contributed by atoms with E-state index in [9.17, 15) is 33.6 Å². The zero-order chi connectivity index (χ0) is 42.9. The fraction of sp³-hybridized carbons (Fsp3) is 0.568. The second-order valence-corrected chi connectivity index (χ2v) is 12.8. The first-order valence-corrected chi connectivity index (χ1v) is 18.1. The van der Waals surface area contributed by atoms with E-state index < -0.39 is 116 Å². The number of esters is 7. The van der Waals surface area contributed by atoms with E-state index in [4.69, 9.17) is 73.8 Å². The summed E-state index contributed by atoms with van der Waals surface area (Å²) in [5.41, 5.74) is 0. The molecule has 2 saturated heterocycles. The lowest BCUT2D eigenvalue weighted by Crippen LogP contribution is -2.67. The largest absolute Gasteiger partial charge is 0.463 e. The molecule has 0 radical (unpaired) electrons. The van der Waals surface area contributed by atoms with Crippen LogP contribution in [0.5, 0.6) is 5.75 Å². The van der Waals surface area contributed by atoms with Gasteiger partial charge in [-0.3, -0.25) is 33.6 Å². The van der Waals surface area contributed by atoms with E-state index in [2.05, 4.69) is 0 Å². The molecular formula is C37H46O20S. The Morgan fingerprint density at radius 3 is 1.47 bits per heavy atom. The molecule has 1 aromatic rings. The summed E-state index contributed by atoms with van der Waals surface area (Å²) in [5, 5.41) is -0.144. The molecule has 2 fully saturated rings. The molecule has 0 amide bonds. The molecule has 21 heteroatoms. The zero-order valence-electron chi connectivity index (χ0n) is 32.7. The summed E-state index contributed by atoms with van der Waals surface area (Å²) < 4.78 is 73.2. The molecule has 10 atom stereocenters. The molecule has 20 nitrogen and oxygen atoms in total. The van der Waals surface area contributed by atoms with Crippen LogP contribution < -0.4 is 4.74 Å². The van der Waals surface area contributed by atoms with Crippen LogP contribution in [-0.4, -0.2) is 135 Å². The molecule has 0 unspecified atom stereocenters. The van der Waals surface area contributed by atoms with Gasteiger partial charge in [-0.2, -0.15) is 0 Å². The van der Waals surface area contributed by atoms with Crippen LogP contribution in [0.3, 0.4) is 0 Å². The number of benzene rings is 1. The molecule has 2 aliphatic heterocycles. The van der Waals surface area contributed by atoms with Crippen LogP contribution in [0, 0.1) is 0 Å². The maximum absolute atomic E-state index is 12.6. The topological polar surface area (TPSA) is 239 Å². The number of thiocarbonyl (C=S) groups is 1. The van der Waals surface area contributed by atoms with Crippen LogP contribution in [-0.2, 0) is 90.4 Å². The van der Waals surface area contributed by atoms with Crippen molar-refractivity contribution >= 4 is 59.2 Å². The summed E-state index contributed by atoms with van der Waals surface area (Å²) >= 11 is 5.10. The fourth-order valence-electron chi connectivity index (χ4n) is 5.62. The van der Waals surface area contributed by atoms with Gasteiger partial charge in [0.1, 0.15) is 43.9 Å². The highest BCUT2D eigenvalue weighted by Gasteiger charge is 2.57. The third-order valence-electron chi connectivity index (χ3n) is 7.65. The van der Waals surface area contributed by atoms with E-state index >= 15 is 0 Å². The zero-order valence-corrected chi connectivity index (χ0v) is 33.5. The maximum atomic E-state index is 12.6. The first kappa shape index (κ1) is 47.2. The van der Waals surface area contributed by atoms with Crippen LogP contribution in [0.1, 0.15) is 48.5 Å². The quantitative estimate of drug-likeness (QED) is 0.0936. The average Bonchev–Trinajstić information content (AvgIpc) is 3.12. The maximum Gasteiger partial charge on any atom is 0.358 e. The minimum absolute atomic E-state index is 0.0355. The van der Waals surface area contributed by atoms with Crippen molar-refractivity contribution in [1.29, 1.82) is 0 Å². The molecule has 3 rings (SSSR count). The Labute approximate surface area is 338 Å². The van der Waals surface area contributed by atoms with Gasteiger partial charge in [0.15, 0.2) is 43.1 Å². The Hall–Kier alpha value is -5.22. The first-order chi connectivity index (χ1) is 27.4. The predicted octanol–water partition coefficient (Wildman–Crippen LogP) is 1.56. The summed E-state index contributed by atoms with van der Waals surface area (Å²) in [4.78, 5) is 86.0. The van der Waals surface area contributed by atoms with Crippen LogP contribution in [0.2, 0.25) is 0 Å². The molecule has 0 aromatic heterocycles.